The number of likely N-dealkylation sites (tertiary alicyclic amines) is 1. The second kappa shape index (κ2) is 9.68. The Hall–Kier alpha value is -2.29. The Labute approximate surface area is 177 Å². The zero-order valence-electron chi connectivity index (χ0n) is 17.3. The van der Waals surface area contributed by atoms with Gasteiger partial charge in [0.15, 0.2) is 0 Å². The van der Waals surface area contributed by atoms with Gasteiger partial charge in [0.25, 0.3) is 0 Å². The second-order valence-corrected chi connectivity index (χ2v) is 9.53. The van der Waals surface area contributed by atoms with Gasteiger partial charge in [-0.15, -0.1) is 0 Å². The summed E-state index contributed by atoms with van der Waals surface area (Å²) in [5.41, 5.74) is 0.874. The molecule has 6 nitrogen and oxygen atoms in total. The summed E-state index contributed by atoms with van der Waals surface area (Å²) < 4.78 is 40.7. The third kappa shape index (κ3) is 5.65. The molecule has 0 atom stereocenters. The Morgan fingerprint density at radius 2 is 1.70 bits per heavy atom. The highest BCUT2D eigenvalue weighted by molar-refractivity contribution is 7.89. The summed E-state index contributed by atoms with van der Waals surface area (Å²) in [6.45, 7) is 5.53. The van der Waals surface area contributed by atoms with E-state index in [9.17, 15) is 17.6 Å². The van der Waals surface area contributed by atoms with Crippen molar-refractivity contribution in [2.24, 2.45) is 0 Å². The molecule has 0 bridgehead atoms. The molecule has 0 aliphatic carbocycles. The molecule has 162 valence electrons. The number of benzene rings is 2. The number of halogens is 1. The molecule has 1 heterocycles. The van der Waals surface area contributed by atoms with Crippen LogP contribution in [0.25, 0.3) is 0 Å². The predicted octanol–water partition coefficient (Wildman–Crippen LogP) is 3.01. The van der Waals surface area contributed by atoms with Crippen molar-refractivity contribution in [2.75, 3.05) is 24.5 Å². The summed E-state index contributed by atoms with van der Waals surface area (Å²) in [6, 6.07) is 14.2. The maximum atomic E-state index is 13.0. The van der Waals surface area contributed by atoms with Gasteiger partial charge in [-0.3, -0.25) is 9.69 Å². The Kier molecular flexibility index (Phi) is 7.23. The van der Waals surface area contributed by atoms with E-state index in [1.807, 2.05) is 44.2 Å². The minimum atomic E-state index is -3.69. The van der Waals surface area contributed by atoms with E-state index in [1.165, 1.54) is 12.1 Å². The number of anilines is 1. The molecule has 2 aromatic carbocycles. The summed E-state index contributed by atoms with van der Waals surface area (Å²) in [7, 11) is -3.69. The van der Waals surface area contributed by atoms with E-state index in [0.29, 0.717) is 32.5 Å². The molecular weight excluding hydrogens is 405 g/mol. The largest absolute Gasteiger partial charge is 0.309 e. The lowest BCUT2D eigenvalue weighted by molar-refractivity contribution is -0.120. The van der Waals surface area contributed by atoms with Crippen molar-refractivity contribution in [3.63, 3.8) is 0 Å². The van der Waals surface area contributed by atoms with Crippen LogP contribution in [0.2, 0.25) is 0 Å². The van der Waals surface area contributed by atoms with Crippen LogP contribution in [0.3, 0.4) is 0 Å². The van der Waals surface area contributed by atoms with E-state index in [2.05, 4.69) is 9.62 Å². The van der Waals surface area contributed by atoms with E-state index < -0.39 is 15.8 Å². The van der Waals surface area contributed by atoms with Crippen molar-refractivity contribution in [2.45, 2.75) is 43.7 Å². The van der Waals surface area contributed by atoms with Crippen molar-refractivity contribution in [3.8, 4) is 0 Å². The van der Waals surface area contributed by atoms with Gasteiger partial charge in [-0.25, -0.2) is 17.5 Å². The molecule has 1 aliphatic rings. The monoisotopic (exact) mass is 433 g/mol. The van der Waals surface area contributed by atoms with Crippen molar-refractivity contribution < 1.29 is 17.6 Å². The van der Waals surface area contributed by atoms with E-state index in [1.54, 1.807) is 4.90 Å². The van der Waals surface area contributed by atoms with Crippen LogP contribution in [0.15, 0.2) is 59.5 Å². The van der Waals surface area contributed by atoms with E-state index in [0.717, 1.165) is 17.8 Å². The molecule has 0 aromatic heterocycles. The van der Waals surface area contributed by atoms with E-state index >= 15 is 0 Å². The van der Waals surface area contributed by atoms with Crippen LogP contribution in [0.5, 0.6) is 0 Å². The second-order valence-electron chi connectivity index (χ2n) is 7.82. The van der Waals surface area contributed by atoms with Crippen LogP contribution in [0.4, 0.5) is 10.1 Å². The van der Waals surface area contributed by atoms with Gasteiger partial charge in [0, 0.05) is 30.9 Å². The summed E-state index contributed by atoms with van der Waals surface area (Å²) in [6.07, 6.45) is 1.22. The van der Waals surface area contributed by atoms with Gasteiger partial charge in [0.1, 0.15) is 5.82 Å². The lowest BCUT2D eigenvalue weighted by atomic mass is 10.1. The standard InChI is InChI=1S/C22H28FN3O3S/c1-17(2)26(20-6-4-3-5-7-20)22(27)16-25-14-12-19(13-15-25)24-30(28,29)21-10-8-18(23)9-11-21/h3-11,17,19,24H,12-16H2,1-2H3. The molecule has 3 rings (SSSR count). The predicted molar refractivity (Wildman–Crippen MR) is 115 cm³/mol. The molecule has 0 unspecified atom stereocenters. The minimum absolute atomic E-state index is 0.0292. The smallest absolute Gasteiger partial charge is 0.241 e. The summed E-state index contributed by atoms with van der Waals surface area (Å²) in [5, 5.41) is 0. The van der Waals surface area contributed by atoms with Gasteiger partial charge in [-0.1, -0.05) is 18.2 Å². The van der Waals surface area contributed by atoms with Crippen molar-refractivity contribution in [1.82, 2.24) is 9.62 Å². The summed E-state index contributed by atoms with van der Waals surface area (Å²) in [4.78, 5) is 16.8. The molecule has 1 N–H and O–H groups in total. The Bertz CT molecular complexity index is 941. The molecule has 2 aromatic rings. The number of hydrogen-bond acceptors (Lipinski definition) is 4. The third-order valence-electron chi connectivity index (χ3n) is 5.21. The van der Waals surface area contributed by atoms with Crippen molar-refractivity contribution >= 4 is 21.6 Å². The Morgan fingerprint density at radius 3 is 2.27 bits per heavy atom. The molecule has 0 radical (unpaired) electrons. The fourth-order valence-electron chi connectivity index (χ4n) is 3.70. The van der Waals surface area contributed by atoms with Gasteiger partial charge in [0.2, 0.25) is 15.9 Å². The fraction of sp³-hybridized carbons (Fsp3) is 0.409. The van der Waals surface area contributed by atoms with Crippen molar-refractivity contribution in [3.05, 3.63) is 60.4 Å². The van der Waals surface area contributed by atoms with Crippen LogP contribution < -0.4 is 9.62 Å². The quantitative estimate of drug-likeness (QED) is 0.729. The van der Waals surface area contributed by atoms with Gasteiger partial charge < -0.3 is 4.90 Å². The normalized spacial score (nSPS) is 16.0. The van der Waals surface area contributed by atoms with E-state index in [4.69, 9.17) is 0 Å². The SMILES string of the molecule is CC(C)N(C(=O)CN1CCC(NS(=O)(=O)c2ccc(F)cc2)CC1)c1ccccc1. The number of piperidine rings is 1. The molecule has 0 spiro atoms. The van der Waals surface area contributed by atoms with Gasteiger partial charge in [-0.2, -0.15) is 0 Å². The molecule has 1 aliphatic heterocycles. The van der Waals surface area contributed by atoms with Crippen LogP contribution in [0.1, 0.15) is 26.7 Å². The molecule has 0 saturated carbocycles. The zero-order chi connectivity index (χ0) is 21.7. The number of carbonyl (C=O) groups excluding carboxylic acids is 1. The lowest BCUT2D eigenvalue weighted by Gasteiger charge is -2.34. The van der Waals surface area contributed by atoms with Crippen LogP contribution in [-0.2, 0) is 14.8 Å². The number of carbonyl (C=O) groups is 1. The lowest BCUT2D eigenvalue weighted by Crippen LogP contribution is -2.49. The van der Waals surface area contributed by atoms with Gasteiger partial charge in [-0.05, 0) is 63.1 Å². The average Bonchev–Trinajstić information content (AvgIpc) is 2.70. The highest BCUT2D eigenvalue weighted by Crippen LogP contribution is 2.19. The van der Waals surface area contributed by atoms with E-state index in [-0.39, 0.29) is 22.9 Å². The first-order valence-corrected chi connectivity index (χ1v) is 11.6. The Morgan fingerprint density at radius 1 is 1.10 bits per heavy atom. The maximum absolute atomic E-state index is 13.0. The van der Waals surface area contributed by atoms with Gasteiger partial charge in [0.05, 0.1) is 11.4 Å². The molecular formula is C22H28FN3O3S. The topological polar surface area (TPSA) is 69.7 Å². The molecule has 30 heavy (non-hydrogen) atoms. The highest BCUT2D eigenvalue weighted by atomic mass is 32.2. The molecule has 8 heteroatoms. The summed E-state index contributed by atoms with van der Waals surface area (Å²) in [5.74, 6) is -0.445. The first kappa shape index (κ1) is 22.4. The molecule has 1 amide bonds. The number of rotatable bonds is 7. The first-order valence-electron chi connectivity index (χ1n) is 10.1. The zero-order valence-corrected chi connectivity index (χ0v) is 18.1. The number of sulfonamides is 1. The first-order chi connectivity index (χ1) is 14.3. The number of para-hydroxylation sites is 1. The average molecular weight is 434 g/mol. The maximum Gasteiger partial charge on any atom is 0.241 e. The number of amides is 1. The Balaban J connectivity index is 1.55. The third-order valence-corrected chi connectivity index (χ3v) is 6.75. The number of nitrogens with one attached hydrogen (secondary N) is 1. The minimum Gasteiger partial charge on any atom is -0.309 e. The number of nitrogens with zero attached hydrogens (tertiary/aromatic N) is 2. The number of hydrogen-bond donors (Lipinski definition) is 1. The summed E-state index contributed by atoms with van der Waals surface area (Å²) >= 11 is 0. The van der Waals surface area contributed by atoms with Crippen LogP contribution in [0, 0.1) is 5.82 Å². The molecule has 1 saturated heterocycles. The van der Waals surface area contributed by atoms with Crippen molar-refractivity contribution in [1.29, 1.82) is 0 Å². The van der Waals surface area contributed by atoms with Crippen LogP contribution >= 0.6 is 0 Å². The highest BCUT2D eigenvalue weighted by Gasteiger charge is 2.27. The van der Waals surface area contributed by atoms with Gasteiger partial charge >= 0.3 is 0 Å². The fourth-order valence-corrected chi connectivity index (χ4v) is 5.00. The van der Waals surface area contributed by atoms with Crippen LogP contribution in [-0.4, -0.2) is 50.9 Å². The molecule has 1 fully saturated rings.